The molecule has 18 heavy (non-hydrogen) atoms. The van der Waals surface area contributed by atoms with Gasteiger partial charge in [-0.3, -0.25) is 4.79 Å². The molecule has 0 radical (unpaired) electrons. The summed E-state index contributed by atoms with van der Waals surface area (Å²) in [6, 6.07) is 0. The standard InChI is InChI=1S/C13H27N3O2/c1-3-8-16(4-2)9-7-15-13(17)12-6-5-11(10-14)18-12/h11-12H,3-10,14H2,1-2H3,(H,15,17)/t11-,12+/m1/s1. The van der Waals surface area contributed by atoms with Gasteiger partial charge in [-0.15, -0.1) is 0 Å². The van der Waals surface area contributed by atoms with Crippen molar-refractivity contribution in [3.8, 4) is 0 Å². The topological polar surface area (TPSA) is 67.6 Å². The molecule has 1 heterocycles. The molecule has 3 N–H and O–H groups in total. The summed E-state index contributed by atoms with van der Waals surface area (Å²) in [4.78, 5) is 14.2. The van der Waals surface area contributed by atoms with E-state index >= 15 is 0 Å². The van der Waals surface area contributed by atoms with Crippen LogP contribution in [0.1, 0.15) is 33.1 Å². The summed E-state index contributed by atoms with van der Waals surface area (Å²) in [5.74, 6) is 0.0125. The quantitative estimate of drug-likeness (QED) is 0.658. The zero-order chi connectivity index (χ0) is 13.4. The minimum absolute atomic E-state index is 0.0125. The van der Waals surface area contributed by atoms with Gasteiger partial charge < -0.3 is 20.7 Å². The Labute approximate surface area is 110 Å². The number of hydrogen-bond acceptors (Lipinski definition) is 4. The minimum Gasteiger partial charge on any atom is -0.364 e. The third-order valence-electron chi connectivity index (χ3n) is 3.38. The molecular weight excluding hydrogens is 230 g/mol. The average molecular weight is 257 g/mol. The Morgan fingerprint density at radius 2 is 2.17 bits per heavy atom. The SMILES string of the molecule is CCCN(CC)CCNC(=O)[C@@H]1CC[C@H](CN)O1. The highest BCUT2D eigenvalue weighted by atomic mass is 16.5. The van der Waals surface area contributed by atoms with Gasteiger partial charge in [0.25, 0.3) is 0 Å². The maximum Gasteiger partial charge on any atom is 0.249 e. The summed E-state index contributed by atoms with van der Waals surface area (Å²) >= 11 is 0. The van der Waals surface area contributed by atoms with Crippen molar-refractivity contribution in [3.05, 3.63) is 0 Å². The van der Waals surface area contributed by atoms with Gasteiger partial charge in [0.1, 0.15) is 6.10 Å². The van der Waals surface area contributed by atoms with Crippen LogP contribution in [0.2, 0.25) is 0 Å². The fourth-order valence-electron chi connectivity index (χ4n) is 2.27. The highest BCUT2D eigenvalue weighted by Crippen LogP contribution is 2.18. The molecule has 0 bridgehead atoms. The number of hydrogen-bond donors (Lipinski definition) is 2. The summed E-state index contributed by atoms with van der Waals surface area (Å²) in [7, 11) is 0. The van der Waals surface area contributed by atoms with Crippen molar-refractivity contribution in [2.75, 3.05) is 32.7 Å². The molecule has 1 amide bonds. The summed E-state index contributed by atoms with van der Waals surface area (Å²) in [5.41, 5.74) is 5.52. The Kier molecular flexibility index (Phi) is 7.23. The van der Waals surface area contributed by atoms with Crippen molar-refractivity contribution in [2.24, 2.45) is 5.73 Å². The van der Waals surface area contributed by atoms with Crippen LogP contribution in [0.3, 0.4) is 0 Å². The van der Waals surface area contributed by atoms with Crippen LogP contribution in [-0.4, -0.2) is 55.7 Å². The molecule has 1 aliphatic heterocycles. The summed E-state index contributed by atoms with van der Waals surface area (Å²) < 4.78 is 5.55. The Hall–Kier alpha value is -0.650. The van der Waals surface area contributed by atoms with Crippen LogP contribution in [0.5, 0.6) is 0 Å². The summed E-state index contributed by atoms with van der Waals surface area (Å²) in [6.07, 6.45) is 2.60. The Morgan fingerprint density at radius 3 is 2.72 bits per heavy atom. The normalized spacial score (nSPS) is 23.6. The second kappa shape index (κ2) is 8.45. The van der Waals surface area contributed by atoms with Gasteiger partial charge in [0, 0.05) is 19.6 Å². The molecule has 2 atom stereocenters. The maximum absolute atomic E-state index is 11.8. The predicted octanol–water partition coefficient (Wildman–Crippen LogP) is 0.341. The number of amides is 1. The average Bonchev–Trinajstić information content (AvgIpc) is 2.86. The Bertz CT molecular complexity index is 248. The largest absolute Gasteiger partial charge is 0.364 e. The van der Waals surface area contributed by atoms with E-state index in [1.54, 1.807) is 0 Å². The number of nitrogens with one attached hydrogen (secondary N) is 1. The zero-order valence-corrected chi connectivity index (χ0v) is 11.7. The Balaban J connectivity index is 2.17. The first-order valence-corrected chi connectivity index (χ1v) is 7.06. The highest BCUT2D eigenvalue weighted by Gasteiger charge is 2.29. The smallest absolute Gasteiger partial charge is 0.249 e. The van der Waals surface area contributed by atoms with E-state index in [9.17, 15) is 4.79 Å². The fraction of sp³-hybridized carbons (Fsp3) is 0.923. The number of nitrogens with two attached hydrogens (primary N) is 1. The molecule has 0 aromatic heterocycles. The molecule has 5 heteroatoms. The zero-order valence-electron chi connectivity index (χ0n) is 11.7. The van der Waals surface area contributed by atoms with Gasteiger partial charge in [0.2, 0.25) is 5.91 Å². The molecule has 0 aromatic carbocycles. The number of carbonyl (C=O) groups excluding carboxylic acids is 1. The second-order valence-corrected chi connectivity index (χ2v) is 4.79. The van der Waals surface area contributed by atoms with E-state index in [0.717, 1.165) is 38.9 Å². The molecule has 106 valence electrons. The molecule has 0 saturated carbocycles. The highest BCUT2D eigenvalue weighted by molar-refractivity contribution is 5.81. The molecule has 0 unspecified atom stereocenters. The van der Waals surface area contributed by atoms with E-state index in [1.807, 2.05) is 0 Å². The van der Waals surface area contributed by atoms with Crippen molar-refractivity contribution in [1.82, 2.24) is 10.2 Å². The third kappa shape index (κ3) is 4.92. The van der Waals surface area contributed by atoms with Gasteiger partial charge in [0.05, 0.1) is 6.10 Å². The van der Waals surface area contributed by atoms with Crippen molar-refractivity contribution >= 4 is 5.91 Å². The van der Waals surface area contributed by atoms with Crippen LogP contribution in [-0.2, 0) is 9.53 Å². The van der Waals surface area contributed by atoms with E-state index in [1.165, 1.54) is 0 Å². The number of carbonyl (C=O) groups is 1. The van der Waals surface area contributed by atoms with Crippen LogP contribution in [0.4, 0.5) is 0 Å². The van der Waals surface area contributed by atoms with Gasteiger partial charge in [-0.2, -0.15) is 0 Å². The van der Waals surface area contributed by atoms with Crippen molar-refractivity contribution in [2.45, 2.75) is 45.3 Å². The van der Waals surface area contributed by atoms with Gasteiger partial charge in [-0.25, -0.2) is 0 Å². The second-order valence-electron chi connectivity index (χ2n) is 4.79. The first-order valence-electron chi connectivity index (χ1n) is 7.06. The fourth-order valence-corrected chi connectivity index (χ4v) is 2.27. The van der Waals surface area contributed by atoms with Crippen molar-refractivity contribution in [1.29, 1.82) is 0 Å². The van der Waals surface area contributed by atoms with E-state index in [0.29, 0.717) is 13.1 Å². The van der Waals surface area contributed by atoms with Crippen LogP contribution >= 0.6 is 0 Å². The first kappa shape index (κ1) is 15.4. The van der Waals surface area contributed by atoms with Crippen LogP contribution < -0.4 is 11.1 Å². The minimum atomic E-state index is -0.292. The van der Waals surface area contributed by atoms with E-state index in [2.05, 4.69) is 24.1 Å². The lowest BCUT2D eigenvalue weighted by atomic mass is 10.2. The van der Waals surface area contributed by atoms with Gasteiger partial charge in [-0.05, 0) is 32.4 Å². The number of likely N-dealkylation sites (N-methyl/N-ethyl adjacent to an activating group) is 1. The molecule has 0 aromatic rings. The van der Waals surface area contributed by atoms with E-state index < -0.39 is 0 Å². The molecule has 1 aliphatic rings. The molecular formula is C13H27N3O2. The van der Waals surface area contributed by atoms with Crippen LogP contribution in [0, 0.1) is 0 Å². The van der Waals surface area contributed by atoms with Crippen LogP contribution in [0.25, 0.3) is 0 Å². The van der Waals surface area contributed by atoms with E-state index in [4.69, 9.17) is 10.5 Å². The molecule has 1 saturated heterocycles. The summed E-state index contributed by atoms with van der Waals surface area (Å²) in [6.45, 7) is 8.53. The van der Waals surface area contributed by atoms with Crippen LogP contribution in [0.15, 0.2) is 0 Å². The number of ether oxygens (including phenoxy) is 1. The number of nitrogens with zero attached hydrogens (tertiary/aromatic N) is 1. The predicted molar refractivity (Wildman–Crippen MR) is 72.4 cm³/mol. The Morgan fingerprint density at radius 1 is 1.39 bits per heavy atom. The third-order valence-corrected chi connectivity index (χ3v) is 3.38. The first-order chi connectivity index (χ1) is 8.71. The van der Waals surface area contributed by atoms with Gasteiger partial charge in [0.15, 0.2) is 0 Å². The molecule has 0 aliphatic carbocycles. The van der Waals surface area contributed by atoms with E-state index in [-0.39, 0.29) is 18.1 Å². The maximum atomic E-state index is 11.8. The molecule has 5 nitrogen and oxygen atoms in total. The summed E-state index contributed by atoms with van der Waals surface area (Å²) in [5, 5.41) is 2.95. The molecule has 1 fully saturated rings. The van der Waals surface area contributed by atoms with Crippen molar-refractivity contribution in [3.63, 3.8) is 0 Å². The molecule has 0 spiro atoms. The monoisotopic (exact) mass is 257 g/mol. The number of rotatable bonds is 8. The lowest BCUT2D eigenvalue weighted by Gasteiger charge is -2.20. The lowest BCUT2D eigenvalue weighted by Crippen LogP contribution is -2.40. The van der Waals surface area contributed by atoms with Gasteiger partial charge in [-0.1, -0.05) is 13.8 Å². The van der Waals surface area contributed by atoms with Gasteiger partial charge >= 0.3 is 0 Å². The van der Waals surface area contributed by atoms with Crippen molar-refractivity contribution < 1.29 is 9.53 Å². The lowest BCUT2D eigenvalue weighted by molar-refractivity contribution is -0.131. The molecule has 1 rings (SSSR count).